The molecule has 1 heterocycles. The van der Waals surface area contributed by atoms with Gasteiger partial charge in [-0.3, -0.25) is 9.59 Å². The Kier molecular flexibility index (Phi) is 3.99. The molecule has 0 aliphatic rings. The minimum Gasteiger partial charge on any atom is -0.545 e. The van der Waals surface area contributed by atoms with Crippen LogP contribution in [0.25, 0.3) is 5.69 Å². The van der Waals surface area contributed by atoms with Gasteiger partial charge in [-0.05, 0) is 45.4 Å². The van der Waals surface area contributed by atoms with Crippen molar-refractivity contribution in [1.82, 2.24) is 4.57 Å². The van der Waals surface area contributed by atoms with E-state index < -0.39 is 5.97 Å². The van der Waals surface area contributed by atoms with Crippen LogP contribution in [0.2, 0.25) is 0 Å². The van der Waals surface area contributed by atoms with E-state index in [0.29, 0.717) is 28.2 Å². The van der Waals surface area contributed by atoms with Crippen molar-refractivity contribution in [2.75, 3.05) is 0 Å². The molecule has 0 fully saturated rings. The molecule has 1 aromatic heterocycles. The number of aromatic nitrogens is 1. The van der Waals surface area contributed by atoms with Crippen LogP contribution in [0.15, 0.2) is 24.3 Å². The summed E-state index contributed by atoms with van der Waals surface area (Å²) in [5, 5.41) is 10.8. The number of aromatic carboxylic acids is 1. The van der Waals surface area contributed by atoms with E-state index in [2.05, 4.69) is 0 Å². The van der Waals surface area contributed by atoms with Crippen LogP contribution >= 0.6 is 0 Å². The molecule has 0 aliphatic carbocycles. The fourth-order valence-electron chi connectivity index (χ4n) is 2.83. The van der Waals surface area contributed by atoms with Crippen LogP contribution in [0.4, 0.5) is 0 Å². The Bertz CT molecular complexity index is 744. The van der Waals surface area contributed by atoms with Crippen molar-refractivity contribution < 1.29 is 19.5 Å². The van der Waals surface area contributed by atoms with E-state index in [1.54, 1.807) is 30.5 Å². The molecule has 22 heavy (non-hydrogen) atoms. The molecule has 1 aromatic carbocycles. The van der Waals surface area contributed by atoms with Gasteiger partial charge in [-0.15, -0.1) is 0 Å². The summed E-state index contributed by atoms with van der Waals surface area (Å²) in [6, 6.07) is 6.12. The van der Waals surface area contributed by atoms with Crippen molar-refractivity contribution >= 4 is 17.5 Å². The van der Waals surface area contributed by atoms with Crippen molar-refractivity contribution in [3.63, 3.8) is 0 Å². The van der Waals surface area contributed by atoms with E-state index >= 15 is 0 Å². The lowest BCUT2D eigenvalue weighted by Crippen LogP contribution is -2.22. The highest BCUT2D eigenvalue weighted by molar-refractivity contribution is 6.09. The van der Waals surface area contributed by atoms with Gasteiger partial charge in [-0.1, -0.05) is 12.1 Å². The van der Waals surface area contributed by atoms with Crippen molar-refractivity contribution in [3.8, 4) is 5.69 Å². The molecular formula is C17H16NO4-. The molecule has 114 valence electrons. The smallest absolute Gasteiger partial charge is 0.162 e. The molecule has 5 heteroatoms. The summed E-state index contributed by atoms with van der Waals surface area (Å²) in [4.78, 5) is 34.6. The Morgan fingerprint density at radius 2 is 1.27 bits per heavy atom. The number of rotatable bonds is 4. The van der Waals surface area contributed by atoms with Gasteiger partial charge in [0, 0.05) is 28.2 Å². The predicted molar refractivity (Wildman–Crippen MR) is 79.6 cm³/mol. The summed E-state index contributed by atoms with van der Waals surface area (Å²) in [7, 11) is 0. The molecular weight excluding hydrogens is 282 g/mol. The average molecular weight is 298 g/mol. The monoisotopic (exact) mass is 298 g/mol. The van der Waals surface area contributed by atoms with Gasteiger partial charge in [-0.25, -0.2) is 0 Å². The number of hydrogen-bond donors (Lipinski definition) is 0. The molecule has 0 N–H and O–H groups in total. The number of Topliss-reactive ketones (excluding diaryl/α,β-unsaturated/α-hetero) is 2. The quantitative estimate of drug-likeness (QED) is 0.807. The standard InChI is InChI=1S/C17H17NO4/c1-9-15(11(3)19)16(12(4)20)10(2)18(9)14-7-5-13(6-8-14)17(21)22/h5-8H,1-4H3,(H,21,22)/p-1. The normalized spacial score (nSPS) is 10.5. The second-order valence-corrected chi connectivity index (χ2v) is 5.20. The minimum atomic E-state index is -1.25. The van der Waals surface area contributed by atoms with Crippen LogP contribution in [-0.4, -0.2) is 22.1 Å². The number of carboxylic acid groups (broad SMARTS) is 1. The number of carboxylic acids is 1. The van der Waals surface area contributed by atoms with Gasteiger partial charge in [0.05, 0.1) is 5.97 Å². The van der Waals surface area contributed by atoms with Gasteiger partial charge in [0.1, 0.15) is 0 Å². The number of carbonyl (C=O) groups is 3. The van der Waals surface area contributed by atoms with Gasteiger partial charge < -0.3 is 14.5 Å². The second-order valence-electron chi connectivity index (χ2n) is 5.20. The lowest BCUT2D eigenvalue weighted by molar-refractivity contribution is -0.255. The molecule has 0 atom stereocenters. The summed E-state index contributed by atoms with van der Waals surface area (Å²) in [6.07, 6.45) is 0. The van der Waals surface area contributed by atoms with Gasteiger partial charge in [-0.2, -0.15) is 0 Å². The summed E-state index contributed by atoms with van der Waals surface area (Å²) in [6.45, 7) is 6.39. The van der Waals surface area contributed by atoms with E-state index in [-0.39, 0.29) is 17.1 Å². The Morgan fingerprint density at radius 3 is 1.59 bits per heavy atom. The van der Waals surface area contributed by atoms with Crippen molar-refractivity contribution in [2.45, 2.75) is 27.7 Å². The van der Waals surface area contributed by atoms with Crippen LogP contribution in [0.3, 0.4) is 0 Å². The molecule has 0 radical (unpaired) electrons. The second kappa shape index (κ2) is 5.60. The van der Waals surface area contributed by atoms with E-state index in [9.17, 15) is 19.5 Å². The van der Waals surface area contributed by atoms with Gasteiger partial charge in [0.25, 0.3) is 0 Å². The maximum atomic E-state index is 11.9. The lowest BCUT2D eigenvalue weighted by Gasteiger charge is -2.11. The van der Waals surface area contributed by atoms with Gasteiger partial charge >= 0.3 is 0 Å². The van der Waals surface area contributed by atoms with E-state index in [4.69, 9.17) is 0 Å². The maximum Gasteiger partial charge on any atom is 0.162 e. The van der Waals surface area contributed by atoms with E-state index in [1.165, 1.54) is 26.0 Å². The molecule has 0 saturated heterocycles. The molecule has 0 bridgehead atoms. The van der Waals surface area contributed by atoms with Crippen LogP contribution in [0.5, 0.6) is 0 Å². The third-order valence-corrected chi connectivity index (χ3v) is 3.71. The van der Waals surface area contributed by atoms with Gasteiger partial charge in [0.15, 0.2) is 11.6 Å². The van der Waals surface area contributed by atoms with Crippen LogP contribution < -0.4 is 5.11 Å². The predicted octanol–water partition coefficient (Wildman–Crippen LogP) is 1.86. The Labute approximate surface area is 128 Å². The zero-order chi connectivity index (χ0) is 16.6. The first-order chi connectivity index (χ1) is 10.3. The molecule has 0 saturated carbocycles. The minimum absolute atomic E-state index is 0.0739. The van der Waals surface area contributed by atoms with Crippen molar-refractivity contribution in [1.29, 1.82) is 0 Å². The third kappa shape index (κ3) is 2.45. The Hall–Kier alpha value is -2.69. The number of nitrogens with zero attached hydrogens (tertiary/aromatic N) is 1. The first-order valence-electron chi connectivity index (χ1n) is 6.81. The molecule has 2 rings (SSSR count). The fraction of sp³-hybridized carbons (Fsp3) is 0.235. The molecule has 2 aromatic rings. The third-order valence-electron chi connectivity index (χ3n) is 3.71. The van der Waals surface area contributed by atoms with Crippen LogP contribution in [0.1, 0.15) is 56.3 Å². The topological polar surface area (TPSA) is 79.2 Å². The summed E-state index contributed by atoms with van der Waals surface area (Å²) < 4.78 is 1.78. The van der Waals surface area contributed by atoms with Crippen molar-refractivity contribution in [2.24, 2.45) is 0 Å². The number of ketones is 2. The zero-order valence-corrected chi connectivity index (χ0v) is 12.9. The number of hydrogen-bond acceptors (Lipinski definition) is 4. The summed E-state index contributed by atoms with van der Waals surface area (Å²) in [5.74, 6) is -1.59. The number of benzene rings is 1. The Morgan fingerprint density at radius 1 is 0.864 bits per heavy atom. The molecule has 0 unspecified atom stereocenters. The highest BCUT2D eigenvalue weighted by Crippen LogP contribution is 2.27. The maximum absolute atomic E-state index is 11.9. The lowest BCUT2D eigenvalue weighted by atomic mass is 10.0. The molecule has 0 amide bonds. The first-order valence-corrected chi connectivity index (χ1v) is 6.81. The van der Waals surface area contributed by atoms with E-state index in [1.807, 2.05) is 0 Å². The van der Waals surface area contributed by atoms with Crippen molar-refractivity contribution in [3.05, 3.63) is 52.3 Å². The van der Waals surface area contributed by atoms with E-state index in [0.717, 1.165) is 0 Å². The molecule has 0 spiro atoms. The SMILES string of the molecule is CC(=O)c1c(C(C)=O)c(C)n(-c2ccc(C(=O)[O-])cc2)c1C. The molecule has 0 aliphatic heterocycles. The largest absolute Gasteiger partial charge is 0.545 e. The number of carbonyl (C=O) groups excluding carboxylic acids is 3. The summed E-state index contributed by atoms with van der Waals surface area (Å²) in [5.41, 5.74) is 2.91. The highest BCUT2D eigenvalue weighted by atomic mass is 16.4. The zero-order valence-electron chi connectivity index (χ0n) is 12.9. The molecule has 5 nitrogen and oxygen atoms in total. The van der Waals surface area contributed by atoms with Gasteiger partial charge in [0.2, 0.25) is 0 Å². The average Bonchev–Trinajstić information content (AvgIpc) is 2.70. The summed E-state index contributed by atoms with van der Waals surface area (Å²) >= 11 is 0. The highest BCUT2D eigenvalue weighted by Gasteiger charge is 2.23. The van der Waals surface area contributed by atoms with Crippen LogP contribution in [0, 0.1) is 13.8 Å². The van der Waals surface area contributed by atoms with Crippen LogP contribution in [-0.2, 0) is 0 Å². The fourth-order valence-corrected chi connectivity index (χ4v) is 2.83. The Balaban J connectivity index is 2.71. The first kappa shape index (κ1) is 15.7.